The van der Waals surface area contributed by atoms with Crippen LogP contribution in [0, 0.1) is 0 Å². The summed E-state index contributed by atoms with van der Waals surface area (Å²) < 4.78 is 50.0. The summed E-state index contributed by atoms with van der Waals surface area (Å²) in [7, 11) is 3.18. The average molecular weight is 508 g/mol. The number of carbonyl (C=O) groups excluding carboxylic acids is 1. The molecule has 0 spiro atoms. The maximum Gasteiger partial charge on any atom is 0.416 e. The van der Waals surface area contributed by atoms with Gasteiger partial charge in [0.15, 0.2) is 11.5 Å². The Morgan fingerprint density at radius 2 is 1.62 bits per heavy atom. The van der Waals surface area contributed by atoms with Crippen molar-refractivity contribution >= 4 is 5.91 Å². The van der Waals surface area contributed by atoms with Crippen molar-refractivity contribution in [3.8, 4) is 34.0 Å². The van der Waals surface area contributed by atoms with Gasteiger partial charge in [-0.1, -0.05) is 24.3 Å². The highest BCUT2D eigenvalue weighted by Gasteiger charge is 2.30. The molecule has 0 bridgehead atoms. The van der Waals surface area contributed by atoms with Crippen molar-refractivity contribution in [3.63, 3.8) is 0 Å². The number of carbonyl (C=O) groups is 1. The molecule has 4 aromatic rings. The lowest BCUT2D eigenvalue weighted by atomic mass is 9.98. The third-order valence-corrected chi connectivity index (χ3v) is 6.51. The number of halogens is 3. The van der Waals surface area contributed by atoms with E-state index in [2.05, 4.69) is 10.2 Å². The molecule has 0 radical (unpaired) electrons. The van der Waals surface area contributed by atoms with E-state index in [1.807, 2.05) is 12.1 Å². The summed E-state index contributed by atoms with van der Waals surface area (Å²) in [4.78, 5) is 15.0. The Morgan fingerprint density at radius 3 is 2.30 bits per heavy atom. The molecule has 1 aliphatic rings. The van der Waals surface area contributed by atoms with E-state index in [0.29, 0.717) is 53.5 Å². The predicted octanol–water partition coefficient (Wildman–Crippen LogP) is 5.98. The third kappa shape index (κ3) is 4.89. The molecule has 1 N–H and O–H groups in total. The minimum atomic E-state index is -4.42. The number of methoxy groups -OCH3 is 2. The molecule has 37 heavy (non-hydrogen) atoms. The van der Waals surface area contributed by atoms with Crippen LogP contribution in [0.25, 0.3) is 22.5 Å². The Balaban J connectivity index is 1.31. The van der Waals surface area contributed by atoms with E-state index < -0.39 is 11.7 Å². The number of nitrogens with one attached hydrogen (secondary N) is 1. The van der Waals surface area contributed by atoms with Gasteiger partial charge in [-0.3, -0.25) is 9.89 Å². The SMILES string of the molecule is COc1cc2c(cc1OC)CN(C(=O)c1ccc(-c3cc(-c4cccc(C(F)(F)F)c4)n[nH]3)cc1)CC2. The molecular weight excluding hydrogens is 483 g/mol. The van der Waals surface area contributed by atoms with E-state index in [9.17, 15) is 18.0 Å². The number of hydrogen-bond acceptors (Lipinski definition) is 4. The topological polar surface area (TPSA) is 67.5 Å². The lowest BCUT2D eigenvalue weighted by Gasteiger charge is -2.29. The van der Waals surface area contributed by atoms with Crippen molar-refractivity contribution < 1.29 is 27.4 Å². The van der Waals surface area contributed by atoms with Crippen LogP contribution in [0.5, 0.6) is 11.5 Å². The van der Waals surface area contributed by atoms with Gasteiger partial charge in [-0.25, -0.2) is 0 Å². The summed E-state index contributed by atoms with van der Waals surface area (Å²) in [5.41, 5.74) is 4.15. The Bertz CT molecular complexity index is 1450. The second-order valence-electron chi connectivity index (χ2n) is 8.78. The molecule has 0 unspecified atom stereocenters. The maximum atomic E-state index is 13.2. The number of hydrogen-bond donors (Lipinski definition) is 1. The van der Waals surface area contributed by atoms with E-state index in [1.165, 1.54) is 6.07 Å². The number of fused-ring (bicyclic) bond motifs is 1. The molecule has 0 saturated heterocycles. The van der Waals surface area contributed by atoms with Crippen LogP contribution in [0.4, 0.5) is 13.2 Å². The number of rotatable bonds is 5. The summed E-state index contributed by atoms with van der Waals surface area (Å²) in [5.74, 6) is 1.22. The molecule has 2 heterocycles. The highest BCUT2D eigenvalue weighted by molar-refractivity contribution is 5.95. The minimum Gasteiger partial charge on any atom is -0.493 e. The second kappa shape index (κ2) is 9.65. The fourth-order valence-electron chi connectivity index (χ4n) is 4.50. The van der Waals surface area contributed by atoms with Gasteiger partial charge in [-0.05, 0) is 65.6 Å². The third-order valence-electron chi connectivity index (χ3n) is 6.51. The molecular formula is C28H24F3N3O3. The number of benzene rings is 3. The lowest BCUT2D eigenvalue weighted by molar-refractivity contribution is -0.137. The standard InChI is InChI=1S/C28H24F3N3O3/c1-36-25-13-19-10-11-34(16-21(19)14-26(25)37-2)27(35)18-8-6-17(7-9-18)23-15-24(33-32-23)20-4-3-5-22(12-20)28(29,30)31/h3-9,12-15H,10-11,16H2,1-2H3,(H,32,33). The van der Waals surface area contributed by atoms with Gasteiger partial charge < -0.3 is 14.4 Å². The maximum absolute atomic E-state index is 13.2. The van der Waals surface area contributed by atoms with Crippen LogP contribution in [-0.4, -0.2) is 41.8 Å². The highest BCUT2D eigenvalue weighted by Crippen LogP contribution is 2.34. The summed E-state index contributed by atoms with van der Waals surface area (Å²) in [6.07, 6.45) is -3.71. The van der Waals surface area contributed by atoms with Crippen molar-refractivity contribution in [2.45, 2.75) is 19.1 Å². The number of amides is 1. The summed E-state index contributed by atoms with van der Waals surface area (Å²) in [5, 5.41) is 7.05. The fraction of sp³-hybridized carbons (Fsp3) is 0.214. The van der Waals surface area contributed by atoms with Crippen molar-refractivity contribution in [1.82, 2.24) is 15.1 Å². The van der Waals surface area contributed by atoms with Gasteiger partial charge in [0.1, 0.15) is 0 Å². The van der Waals surface area contributed by atoms with Gasteiger partial charge in [-0.15, -0.1) is 0 Å². The second-order valence-corrected chi connectivity index (χ2v) is 8.78. The molecule has 1 amide bonds. The van der Waals surface area contributed by atoms with Crippen LogP contribution in [0.15, 0.2) is 66.7 Å². The molecule has 1 aliphatic heterocycles. The summed E-state index contributed by atoms with van der Waals surface area (Å²) >= 11 is 0. The minimum absolute atomic E-state index is 0.0822. The largest absolute Gasteiger partial charge is 0.493 e. The zero-order valence-corrected chi connectivity index (χ0v) is 20.2. The van der Waals surface area contributed by atoms with Gasteiger partial charge in [0, 0.05) is 24.2 Å². The van der Waals surface area contributed by atoms with Gasteiger partial charge in [0.05, 0.1) is 31.2 Å². The van der Waals surface area contributed by atoms with E-state index in [0.717, 1.165) is 28.8 Å². The van der Waals surface area contributed by atoms with E-state index >= 15 is 0 Å². The monoisotopic (exact) mass is 507 g/mol. The first-order valence-corrected chi connectivity index (χ1v) is 11.6. The van der Waals surface area contributed by atoms with E-state index in [-0.39, 0.29) is 5.91 Å². The lowest BCUT2D eigenvalue weighted by Crippen LogP contribution is -2.36. The van der Waals surface area contributed by atoms with Crippen LogP contribution in [0.1, 0.15) is 27.0 Å². The molecule has 0 atom stereocenters. The number of alkyl halides is 3. The summed E-state index contributed by atoms with van der Waals surface area (Å²) in [6.45, 7) is 1.06. The molecule has 0 fully saturated rings. The van der Waals surface area contributed by atoms with Crippen molar-refractivity contribution in [1.29, 1.82) is 0 Å². The molecule has 0 aliphatic carbocycles. The molecule has 3 aromatic carbocycles. The van der Waals surface area contributed by atoms with Gasteiger partial charge in [0.2, 0.25) is 0 Å². The Morgan fingerprint density at radius 1 is 0.919 bits per heavy atom. The number of aromatic nitrogens is 2. The van der Waals surface area contributed by atoms with E-state index in [4.69, 9.17) is 9.47 Å². The number of nitrogens with zero attached hydrogens (tertiary/aromatic N) is 2. The van der Waals surface area contributed by atoms with Crippen molar-refractivity contribution in [2.24, 2.45) is 0 Å². The fourth-order valence-corrected chi connectivity index (χ4v) is 4.50. The first-order valence-electron chi connectivity index (χ1n) is 11.6. The van der Waals surface area contributed by atoms with Crippen molar-refractivity contribution in [3.05, 3.63) is 89.0 Å². The van der Waals surface area contributed by atoms with Gasteiger partial charge >= 0.3 is 6.18 Å². The van der Waals surface area contributed by atoms with Gasteiger partial charge in [0.25, 0.3) is 5.91 Å². The first kappa shape index (κ1) is 24.4. The highest BCUT2D eigenvalue weighted by atomic mass is 19.4. The normalized spacial score (nSPS) is 13.3. The van der Waals surface area contributed by atoms with Crippen LogP contribution < -0.4 is 9.47 Å². The van der Waals surface area contributed by atoms with Crippen molar-refractivity contribution in [2.75, 3.05) is 20.8 Å². The Labute approximate surface area is 211 Å². The van der Waals surface area contributed by atoms with Crippen LogP contribution in [0.2, 0.25) is 0 Å². The summed E-state index contributed by atoms with van der Waals surface area (Å²) in [6, 6.07) is 17.7. The zero-order valence-electron chi connectivity index (χ0n) is 20.2. The number of aromatic amines is 1. The molecule has 5 rings (SSSR count). The molecule has 9 heteroatoms. The van der Waals surface area contributed by atoms with Crippen LogP contribution >= 0.6 is 0 Å². The predicted molar refractivity (Wildman–Crippen MR) is 132 cm³/mol. The van der Waals surface area contributed by atoms with Gasteiger partial charge in [-0.2, -0.15) is 18.3 Å². The number of ether oxygens (including phenoxy) is 2. The smallest absolute Gasteiger partial charge is 0.416 e. The number of H-pyrrole nitrogens is 1. The molecule has 190 valence electrons. The molecule has 0 saturated carbocycles. The van der Waals surface area contributed by atoms with Crippen LogP contribution in [-0.2, 0) is 19.1 Å². The first-order chi connectivity index (χ1) is 17.8. The Hall–Kier alpha value is -4.27. The molecule has 1 aromatic heterocycles. The quantitative estimate of drug-likeness (QED) is 0.361. The Kier molecular flexibility index (Phi) is 6.37. The average Bonchev–Trinajstić information content (AvgIpc) is 3.42. The molecule has 6 nitrogen and oxygen atoms in total. The van der Waals surface area contributed by atoms with Crippen LogP contribution in [0.3, 0.4) is 0 Å². The zero-order chi connectivity index (χ0) is 26.2. The van der Waals surface area contributed by atoms with E-state index in [1.54, 1.807) is 55.5 Å².